The molecule has 0 fully saturated rings. The topological polar surface area (TPSA) is 46.3 Å². The molecule has 1 N–H and O–H groups in total. The quantitative estimate of drug-likeness (QED) is 0.689. The summed E-state index contributed by atoms with van der Waals surface area (Å²) in [4.78, 5) is 4.41. The summed E-state index contributed by atoms with van der Waals surface area (Å²) in [6.45, 7) is 2.02. The van der Waals surface area contributed by atoms with Crippen LogP contribution in [0.5, 0.6) is 5.75 Å². The minimum Gasteiger partial charge on any atom is -0.508 e. The van der Waals surface area contributed by atoms with Crippen molar-refractivity contribution in [1.29, 1.82) is 0 Å². The summed E-state index contributed by atoms with van der Waals surface area (Å²) in [5.41, 5.74) is 3.44. The van der Waals surface area contributed by atoms with Crippen molar-refractivity contribution in [2.75, 3.05) is 0 Å². The highest BCUT2D eigenvalue weighted by molar-refractivity contribution is 5.78. The van der Waals surface area contributed by atoms with Gasteiger partial charge >= 0.3 is 0 Å². The van der Waals surface area contributed by atoms with Crippen molar-refractivity contribution in [3.63, 3.8) is 0 Å². The molecule has 3 rings (SSSR count). The Labute approximate surface area is 98.3 Å². The Kier molecular flexibility index (Phi) is 2.11. The largest absolute Gasteiger partial charge is 0.508 e. The van der Waals surface area contributed by atoms with Gasteiger partial charge in [-0.05, 0) is 30.7 Å². The molecule has 84 valence electrons. The average molecular weight is 225 g/mol. The minimum absolute atomic E-state index is 0.185. The summed E-state index contributed by atoms with van der Waals surface area (Å²) >= 11 is 0. The molecule has 0 atom stereocenters. The fourth-order valence-corrected chi connectivity index (χ4v) is 1.84. The molecular formula is C14H11NO2. The molecule has 2 aromatic carbocycles. The number of oxazole rings is 1. The molecule has 0 unspecified atom stereocenters. The van der Waals surface area contributed by atoms with Crippen LogP contribution in [0.4, 0.5) is 0 Å². The summed E-state index contributed by atoms with van der Waals surface area (Å²) in [7, 11) is 0. The van der Waals surface area contributed by atoms with E-state index in [1.165, 1.54) is 0 Å². The number of fused-ring (bicyclic) bond motifs is 1. The number of rotatable bonds is 1. The van der Waals surface area contributed by atoms with Crippen molar-refractivity contribution < 1.29 is 9.52 Å². The van der Waals surface area contributed by atoms with Crippen molar-refractivity contribution in [2.24, 2.45) is 0 Å². The maximum atomic E-state index is 9.38. The second-order valence-corrected chi connectivity index (χ2v) is 3.99. The van der Waals surface area contributed by atoms with Gasteiger partial charge in [-0.2, -0.15) is 0 Å². The average Bonchev–Trinajstić information content (AvgIpc) is 2.72. The highest BCUT2D eigenvalue weighted by atomic mass is 16.3. The first-order valence-corrected chi connectivity index (χ1v) is 5.39. The van der Waals surface area contributed by atoms with Crippen LogP contribution in [0.2, 0.25) is 0 Å². The smallest absolute Gasteiger partial charge is 0.227 e. The summed E-state index contributed by atoms with van der Waals surface area (Å²) in [6.07, 6.45) is 0. The van der Waals surface area contributed by atoms with Crippen LogP contribution in [0, 0.1) is 6.92 Å². The van der Waals surface area contributed by atoms with Gasteiger partial charge in [-0.3, -0.25) is 0 Å². The van der Waals surface area contributed by atoms with E-state index in [1.807, 2.05) is 31.2 Å². The first-order chi connectivity index (χ1) is 8.24. The Balaban J connectivity index is 2.22. The Morgan fingerprint density at radius 2 is 1.94 bits per heavy atom. The maximum Gasteiger partial charge on any atom is 0.227 e. The van der Waals surface area contributed by atoms with E-state index >= 15 is 0 Å². The van der Waals surface area contributed by atoms with Crippen LogP contribution in [-0.4, -0.2) is 10.1 Å². The Bertz CT molecular complexity index is 686. The predicted molar refractivity (Wildman–Crippen MR) is 65.8 cm³/mol. The second kappa shape index (κ2) is 3.63. The molecule has 1 aromatic heterocycles. The summed E-state index contributed by atoms with van der Waals surface area (Å²) < 4.78 is 5.64. The zero-order valence-corrected chi connectivity index (χ0v) is 9.34. The third-order valence-corrected chi connectivity index (χ3v) is 2.75. The molecule has 3 aromatic rings. The van der Waals surface area contributed by atoms with E-state index in [9.17, 15) is 5.11 Å². The van der Waals surface area contributed by atoms with Crippen LogP contribution in [-0.2, 0) is 0 Å². The van der Waals surface area contributed by atoms with Gasteiger partial charge in [0.25, 0.3) is 0 Å². The zero-order chi connectivity index (χ0) is 11.8. The lowest BCUT2D eigenvalue weighted by molar-refractivity contribution is 0.474. The van der Waals surface area contributed by atoms with Gasteiger partial charge in [-0.15, -0.1) is 0 Å². The number of hydrogen-bond donors (Lipinski definition) is 1. The van der Waals surface area contributed by atoms with Crippen LogP contribution in [0.3, 0.4) is 0 Å². The third kappa shape index (κ3) is 1.65. The number of aromatic hydroxyl groups is 1. The summed E-state index contributed by atoms with van der Waals surface area (Å²) in [6, 6.07) is 12.8. The van der Waals surface area contributed by atoms with Crippen LogP contribution >= 0.6 is 0 Å². The van der Waals surface area contributed by atoms with E-state index in [0.29, 0.717) is 11.5 Å². The fourth-order valence-electron chi connectivity index (χ4n) is 1.84. The van der Waals surface area contributed by atoms with E-state index in [-0.39, 0.29) is 5.75 Å². The fraction of sp³-hybridized carbons (Fsp3) is 0.0714. The lowest BCUT2D eigenvalue weighted by Gasteiger charge is -1.98. The monoisotopic (exact) mass is 225 g/mol. The molecule has 0 amide bonds. The van der Waals surface area contributed by atoms with E-state index in [2.05, 4.69) is 4.98 Å². The van der Waals surface area contributed by atoms with Gasteiger partial charge in [0.2, 0.25) is 5.89 Å². The van der Waals surface area contributed by atoms with E-state index in [0.717, 1.165) is 16.6 Å². The summed E-state index contributed by atoms with van der Waals surface area (Å²) in [5, 5.41) is 9.38. The molecule has 0 aliphatic rings. The van der Waals surface area contributed by atoms with Crippen molar-refractivity contribution in [1.82, 2.24) is 4.98 Å². The molecule has 0 aliphatic heterocycles. The molecular weight excluding hydrogens is 214 g/mol. The van der Waals surface area contributed by atoms with Crippen molar-refractivity contribution in [3.8, 4) is 17.2 Å². The normalized spacial score (nSPS) is 10.9. The number of phenolic OH excluding ortho intramolecular Hbond substituents is 1. The number of hydrogen-bond acceptors (Lipinski definition) is 3. The van der Waals surface area contributed by atoms with Gasteiger partial charge in [-0.25, -0.2) is 4.98 Å². The van der Waals surface area contributed by atoms with Gasteiger partial charge in [0.15, 0.2) is 5.58 Å². The van der Waals surface area contributed by atoms with Gasteiger partial charge < -0.3 is 9.52 Å². The molecule has 17 heavy (non-hydrogen) atoms. The Morgan fingerprint density at radius 3 is 2.76 bits per heavy atom. The van der Waals surface area contributed by atoms with Crippen LogP contribution < -0.4 is 0 Å². The van der Waals surface area contributed by atoms with Crippen LogP contribution in [0.1, 0.15) is 5.56 Å². The zero-order valence-electron chi connectivity index (χ0n) is 9.34. The molecule has 0 bridgehead atoms. The number of benzene rings is 2. The minimum atomic E-state index is 0.185. The molecule has 1 heterocycles. The SMILES string of the molecule is Cc1ccccc1-c1nc2ccc(O)cc2o1. The highest BCUT2D eigenvalue weighted by Crippen LogP contribution is 2.28. The predicted octanol–water partition coefficient (Wildman–Crippen LogP) is 3.51. The molecule has 0 spiro atoms. The van der Waals surface area contributed by atoms with Gasteiger partial charge in [0, 0.05) is 11.6 Å². The van der Waals surface area contributed by atoms with Crippen molar-refractivity contribution in [3.05, 3.63) is 48.0 Å². The second-order valence-electron chi connectivity index (χ2n) is 3.99. The molecule has 3 heteroatoms. The van der Waals surface area contributed by atoms with Crippen LogP contribution in [0.25, 0.3) is 22.6 Å². The van der Waals surface area contributed by atoms with E-state index in [4.69, 9.17) is 4.42 Å². The maximum absolute atomic E-state index is 9.38. The first kappa shape index (κ1) is 9.90. The molecule has 0 radical (unpaired) electrons. The number of nitrogens with zero attached hydrogens (tertiary/aromatic N) is 1. The van der Waals surface area contributed by atoms with E-state index in [1.54, 1.807) is 18.2 Å². The van der Waals surface area contributed by atoms with Crippen molar-refractivity contribution >= 4 is 11.1 Å². The molecule has 0 saturated heterocycles. The van der Waals surface area contributed by atoms with Crippen LogP contribution in [0.15, 0.2) is 46.9 Å². The Hall–Kier alpha value is -2.29. The molecule has 0 saturated carbocycles. The van der Waals surface area contributed by atoms with Gasteiger partial charge in [0.1, 0.15) is 11.3 Å². The van der Waals surface area contributed by atoms with Gasteiger partial charge in [0.05, 0.1) is 0 Å². The first-order valence-electron chi connectivity index (χ1n) is 5.39. The highest BCUT2D eigenvalue weighted by Gasteiger charge is 2.10. The Morgan fingerprint density at radius 1 is 1.12 bits per heavy atom. The standard InChI is InChI=1S/C14H11NO2/c1-9-4-2-3-5-11(9)14-15-12-7-6-10(16)8-13(12)17-14/h2-8,16H,1H3. The summed E-state index contributed by atoms with van der Waals surface area (Å²) in [5.74, 6) is 0.772. The number of aryl methyl sites for hydroxylation is 1. The van der Waals surface area contributed by atoms with Gasteiger partial charge in [-0.1, -0.05) is 18.2 Å². The lowest BCUT2D eigenvalue weighted by atomic mass is 10.1. The number of aromatic nitrogens is 1. The third-order valence-electron chi connectivity index (χ3n) is 2.75. The van der Waals surface area contributed by atoms with E-state index < -0.39 is 0 Å². The molecule has 3 nitrogen and oxygen atoms in total. The van der Waals surface area contributed by atoms with Crippen molar-refractivity contribution in [2.45, 2.75) is 6.92 Å². The number of phenols is 1. The lowest BCUT2D eigenvalue weighted by Crippen LogP contribution is -1.81. The molecule has 0 aliphatic carbocycles.